The molecule has 2 aliphatic rings. The van der Waals surface area contributed by atoms with Crippen LogP contribution in [-0.2, 0) is 14.3 Å². The van der Waals surface area contributed by atoms with E-state index in [1.807, 2.05) is 54.5 Å². The first-order valence-corrected chi connectivity index (χ1v) is 6.96. The molecule has 0 aromatic carbocycles. The first-order chi connectivity index (χ1) is 8.91. The molecule has 1 saturated heterocycles. The van der Waals surface area contributed by atoms with Gasteiger partial charge in [0.25, 0.3) is 5.85 Å². The molecule has 2 amide bonds. The van der Waals surface area contributed by atoms with Crippen LogP contribution in [0.2, 0.25) is 0 Å². The highest BCUT2D eigenvalue weighted by Crippen LogP contribution is 2.46. The van der Waals surface area contributed by atoms with E-state index in [0.717, 1.165) is 5.76 Å². The van der Waals surface area contributed by atoms with Crippen molar-refractivity contribution in [2.45, 2.75) is 71.8 Å². The Labute approximate surface area is 120 Å². The summed E-state index contributed by atoms with van der Waals surface area (Å²) in [5, 5.41) is 0. The van der Waals surface area contributed by atoms with Crippen LogP contribution in [0.3, 0.4) is 0 Å². The number of carbonyl (C=O) groups is 2. The second-order valence-corrected chi connectivity index (χ2v) is 7.49. The summed E-state index contributed by atoms with van der Waals surface area (Å²) in [6.07, 6.45) is 2.44. The maximum atomic E-state index is 12.5. The van der Waals surface area contributed by atoms with Crippen LogP contribution in [-0.4, -0.2) is 38.5 Å². The van der Waals surface area contributed by atoms with E-state index in [1.165, 1.54) is 0 Å². The van der Waals surface area contributed by atoms with Gasteiger partial charge in [-0.1, -0.05) is 0 Å². The van der Waals surface area contributed by atoms with Crippen LogP contribution in [0, 0.1) is 0 Å². The van der Waals surface area contributed by atoms with Crippen LogP contribution >= 0.6 is 0 Å². The Morgan fingerprint density at radius 2 is 1.40 bits per heavy atom. The van der Waals surface area contributed by atoms with Crippen LogP contribution < -0.4 is 0 Å². The van der Waals surface area contributed by atoms with Crippen molar-refractivity contribution in [1.29, 1.82) is 0 Å². The molecular weight excluding hydrogens is 256 g/mol. The molecule has 0 N–H and O–H groups in total. The van der Waals surface area contributed by atoms with E-state index in [9.17, 15) is 9.59 Å². The molecule has 2 heterocycles. The van der Waals surface area contributed by atoms with E-state index >= 15 is 0 Å². The standard InChI is InChI=1S/C15H24N2O3/c1-10-8-9-15(20-10)16(13(2,3)4)11(18)12(19)17(15)14(5,6)7/h8H,9H2,1-7H3. The van der Waals surface area contributed by atoms with Crippen molar-refractivity contribution in [1.82, 2.24) is 9.80 Å². The van der Waals surface area contributed by atoms with Gasteiger partial charge in [-0.3, -0.25) is 19.4 Å². The smallest absolute Gasteiger partial charge is 0.317 e. The SMILES string of the molecule is CC1=CCC2(O1)N(C(C)(C)C)C(=O)C(=O)N2C(C)(C)C. The molecule has 0 aliphatic carbocycles. The predicted molar refractivity (Wildman–Crippen MR) is 75.4 cm³/mol. The van der Waals surface area contributed by atoms with Gasteiger partial charge < -0.3 is 4.74 Å². The van der Waals surface area contributed by atoms with Gasteiger partial charge in [0.05, 0.1) is 5.76 Å². The molecule has 20 heavy (non-hydrogen) atoms. The second kappa shape index (κ2) is 3.99. The summed E-state index contributed by atoms with van der Waals surface area (Å²) in [7, 11) is 0. The van der Waals surface area contributed by atoms with Crippen LogP contribution in [0.15, 0.2) is 11.8 Å². The fraction of sp³-hybridized carbons (Fsp3) is 0.733. The lowest BCUT2D eigenvalue weighted by atomic mass is 10.0. The summed E-state index contributed by atoms with van der Waals surface area (Å²) in [5.41, 5.74) is -0.990. The van der Waals surface area contributed by atoms with Gasteiger partial charge in [0.15, 0.2) is 0 Å². The third kappa shape index (κ3) is 1.91. The Morgan fingerprint density at radius 1 is 1.00 bits per heavy atom. The Morgan fingerprint density at radius 3 is 1.65 bits per heavy atom. The molecule has 1 spiro atoms. The van der Waals surface area contributed by atoms with Gasteiger partial charge in [-0.05, 0) is 54.5 Å². The molecule has 2 rings (SSSR count). The largest absolute Gasteiger partial charge is 0.454 e. The van der Waals surface area contributed by atoms with E-state index in [0.29, 0.717) is 6.42 Å². The molecule has 0 atom stereocenters. The molecule has 0 saturated carbocycles. The average Bonchev–Trinajstić information content (AvgIpc) is 2.65. The van der Waals surface area contributed by atoms with E-state index in [4.69, 9.17) is 4.74 Å². The van der Waals surface area contributed by atoms with Crippen molar-refractivity contribution in [2.24, 2.45) is 0 Å². The molecule has 1 fully saturated rings. The molecule has 5 heteroatoms. The van der Waals surface area contributed by atoms with Gasteiger partial charge in [0, 0.05) is 17.5 Å². The minimum absolute atomic E-state index is 0.490. The quantitative estimate of drug-likeness (QED) is 0.639. The summed E-state index contributed by atoms with van der Waals surface area (Å²) in [6, 6.07) is 0. The fourth-order valence-electron chi connectivity index (χ4n) is 3.16. The molecule has 2 aliphatic heterocycles. The molecule has 0 aromatic heterocycles. The zero-order valence-corrected chi connectivity index (χ0v) is 13.4. The van der Waals surface area contributed by atoms with Crippen molar-refractivity contribution in [3.05, 3.63) is 11.8 Å². The number of nitrogens with zero attached hydrogens (tertiary/aromatic N) is 2. The van der Waals surface area contributed by atoms with Crippen molar-refractivity contribution in [3.63, 3.8) is 0 Å². The predicted octanol–water partition coefficient (Wildman–Crippen LogP) is 2.23. The highest BCUT2D eigenvalue weighted by Gasteiger charge is 2.65. The highest BCUT2D eigenvalue weighted by atomic mass is 16.6. The summed E-state index contributed by atoms with van der Waals surface area (Å²) in [6.45, 7) is 13.4. The topological polar surface area (TPSA) is 49.9 Å². The van der Waals surface area contributed by atoms with Crippen molar-refractivity contribution >= 4 is 11.8 Å². The summed E-state index contributed by atoms with van der Waals surface area (Å²) in [5.74, 6) is -1.25. The van der Waals surface area contributed by atoms with Gasteiger partial charge in [0.1, 0.15) is 0 Å². The molecule has 0 unspecified atom stereocenters. The van der Waals surface area contributed by atoms with Gasteiger partial charge in [0.2, 0.25) is 0 Å². The Kier molecular flexibility index (Phi) is 2.97. The van der Waals surface area contributed by atoms with E-state index in [1.54, 1.807) is 9.80 Å². The van der Waals surface area contributed by atoms with Crippen LogP contribution in [0.25, 0.3) is 0 Å². The second-order valence-electron chi connectivity index (χ2n) is 7.49. The summed E-state index contributed by atoms with van der Waals surface area (Å²) >= 11 is 0. The number of hydrogen-bond acceptors (Lipinski definition) is 3. The number of carbonyl (C=O) groups excluding carboxylic acids is 2. The number of ether oxygens (including phenoxy) is 1. The third-order valence-corrected chi connectivity index (χ3v) is 3.61. The maximum absolute atomic E-state index is 12.5. The van der Waals surface area contributed by atoms with Crippen LogP contribution in [0.4, 0.5) is 0 Å². The fourth-order valence-corrected chi connectivity index (χ4v) is 3.16. The van der Waals surface area contributed by atoms with Crippen molar-refractivity contribution in [2.75, 3.05) is 0 Å². The average molecular weight is 280 g/mol. The third-order valence-electron chi connectivity index (χ3n) is 3.61. The van der Waals surface area contributed by atoms with Crippen LogP contribution in [0.1, 0.15) is 54.9 Å². The molecule has 0 bridgehead atoms. The number of hydrogen-bond donors (Lipinski definition) is 0. The Hall–Kier alpha value is -1.52. The zero-order valence-electron chi connectivity index (χ0n) is 13.4. The molecule has 0 aromatic rings. The molecular formula is C15H24N2O3. The van der Waals surface area contributed by atoms with Gasteiger partial charge in [-0.2, -0.15) is 0 Å². The summed E-state index contributed by atoms with van der Waals surface area (Å²) < 4.78 is 6.00. The van der Waals surface area contributed by atoms with Crippen LogP contribution in [0.5, 0.6) is 0 Å². The lowest BCUT2D eigenvalue weighted by Crippen LogP contribution is -2.63. The molecule has 0 radical (unpaired) electrons. The Bertz CT molecular complexity index is 462. The maximum Gasteiger partial charge on any atom is 0.317 e. The minimum Gasteiger partial charge on any atom is -0.454 e. The van der Waals surface area contributed by atoms with Gasteiger partial charge in [-0.15, -0.1) is 0 Å². The van der Waals surface area contributed by atoms with Gasteiger partial charge >= 0.3 is 11.8 Å². The highest BCUT2D eigenvalue weighted by molar-refractivity contribution is 6.37. The van der Waals surface area contributed by atoms with Crippen molar-refractivity contribution < 1.29 is 14.3 Å². The van der Waals surface area contributed by atoms with E-state index in [-0.39, 0.29) is 0 Å². The first kappa shape index (κ1) is 14.9. The van der Waals surface area contributed by atoms with E-state index in [2.05, 4.69) is 0 Å². The minimum atomic E-state index is -1.02. The monoisotopic (exact) mass is 280 g/mol. The molecule has 112 valence electrons. The summed E-state index contributed by atoms with van der Waals surface area (Å²) in [4.78, 5) is 28.2. The van der Waals surface area contributed by atoms with Gasteiger partial charge in [-0.25, -0.2) is 0 Å². The van der Waals surface area contributed by atoms with Crippen molar-refractivity contribution in [3.8, 4) is 0 Å². The number of allylic oxidation sites excluding steroid dienone is 1. The number of amides is 2. The Balaban J connectivity index is 2.60. The lowest BCUT2D eigenvalue weighted by Gasteiger charge is -2.49. The zero-order chi connectivity index (χ0) is 15.5. The number of rotatable bonds is 0. The molecule has 5 nitrogen and oxygen atoms in total. The lowest BCUT2D eigenvalue weighted by molar-refractivity contribution is -0.217. The first-order valence-electron chi connectivity index (χ1n) is 6.96. The van der Waals surface area contributed by atoms with E-state index < -0.39 is 28.7 Å². The normalized spacial score (nSPS) is 22.6.